The van der Waals surface area contributed by atoms with Crippen molar-refractivity contribution in [3.05, 3.63) is 35.4 Å². The van der Waals surface area contributed by atoms with Crippen molar-refractivity contribution in [2.24, 2.45) is 5.73 Å². The Labute approximate surface area is 88.9 Å². The highest BCUT2D eigenvalue weighted by atomic mass is 16.4. The summed E-state index contributed by atoms with van der Waals surface area (Å²) in [6.45, 7) is 0. The van der Waals surface area contributed by atoms with Crippen LogP contribution >= 0.6 is 0 Å². The average Bonchev–Trinajstić information content (AvgIpc) is 2.86. The van der Waals surface area contributed by atoms with Gasteiger partial charge in [0.1, 0.15) is 0 Å². The van der Waals surface area contributed by atoms with E-state index in [1.165, 1.54) is 5.56 Å². The van der Waals surface area contributed by atoms with Crippen LogP contribution in [0.5, 0.6) is 0 Å². The third-order valence-electron chi connectivity index (χ3n) is 2.83. The van der Waals surface area contributed by atoms with Crippen LogP contribution in [0.3, 0.4) is 0 Å². The normalized spacial score (nSPS) is 17.4. The second-order valence-electron chi connectivity index (χ2n) is 4.43. The maximum atomic E-state index is 10.5. The lowest BCUT2D eigenvalue weighted by atomic mass is 10.0. The fraction of sp³-hybridized carbons (Fsp3) is 0.417. The van der Waals surface area contributed by atoms with Crippen LogP contribution in [-0.2, 0) is 17.6 Å². The first-order valence-corrected chi connectivity index (χ1v) is 5.16. The highest BCUT2D eigenvalue weighted by Gasteiger charge is 2.37. The molecule has 0 bridgehead atoms. The van der Waals surface area contributed by atoms with Crippen LogP contribution in [0, 0.1) is 0 Å². The lowest BCUT2D eigenvalue weighted by molar-refractivity contribution is -0.136. The van der Waals surface area contributed by atoms with Crippen molar-refractivity contribution in [1.82, 2.24) is 0 Å². The van der Waals surface area contributed by atoms with Crippen molar-refractivity contribution < 1.29 is 9.90 Å². The molecule has 1 aromatic rings. The van der Waals surface area contributed by atoms with Crippen molar-refractivity contribution >= 4 is 5.97 Å². The SMILES string of the molecule is NC1(Cc2ccc(CC(=O)O)cc2)CC1. The smallest absolute Gasteiger partial charge is 0.307 e. The van der Waals surface area contributed by atoms with Gasteiger partial charge in [-0.15, -0.1) is 0 Å². The highest BCUT2D eigenvalue weighted by Crippen LogP contribution is 2.35. The van der Waals surface area contributed by atoms with Gasteiger partial charge in [0.15, 0.2) is 0 Å². The van der Waals surface area contributed by atoms with Crippen molar-refractivity contribution in [2.45, 2.75) is 31.2 Å². The van der Waals surface area contributed by atoms with Crippen LogP contribution in [0.25, 0.3) is 0 Å². The van der Waals surface area contributed by atoms with Crippen molar-refractivity contribution in [3.8, 4) is 0 Å². The fourth-order valence-corrected chi connectivity index (χ4v) is 1.69. The molecule has 0 aliphatic heterocycles. The number of carboxylic acids is 1. The molecule has 0 saturated heterocycles. The van der Waals surface area contributed by atoms with Crippen molar-refractivity contribution in [2.75, 3.05) is 0 Å². The summed E-state index contributed by atoms with van der Waals surface area (Å²) in [5.41, 5.74) is 8.06. The predicted octanol–water partition coefficient (Wildman–Crippen LogP) is 1.35. The van der Waals surface area contributed by atoms with Gasteiger partial charge in [-0.05, 0) is 30.4 Å². The topological polar surface area (TPSA) is 63.3 Å². The number of carboxylic acid groups (broad SMARTS) is 1. The molecule has 0 heterocycles. The third-order valence-corrected chi connectivity index (χ3v) is 2.83. The van der Waals surface area contributed by atoms with E-state index in [1.54, 1.807) is 0 Å². The number of benzene rings is 1. The first-order chi connectivity index (χ1) is 7.07. The fourth-order valence-electron chi connectivity index (χ4n) is 1.69. The third kappa shape index (κ3) is 2.80. The second-order valence-corrected chi connectivity index (χ2v) is 4.43. The Balaban J connectivity index is 2.00. The molecule has 0 amide bonds. The van der Waals surface area contributed by atoms with E-state index < -0.39 is 5.97 Å². The molecule has 3 N–H and O–H groups in total. The molecule has 0 radical (unpaired) electrons. The highest BCUT2D eigenvalue weighted by molar-refractivity contribution is 5.70. The minimum atomic E-state index is -0.791. The molecule has 15 heavy (non-hydrogen) atoms. The molecule has 3 heteroatoms. The minimum absolute atomic E-state index is 0.0221. The van der Waals surface area contributed by atoms with E-state index in [1.807, 2.05) is 24.3 Å². The van der Waals surface area contributed by atoms with E-state index in [0.717, 1.165) is 24.8 Å². The zero-order valence-corrected chi connectivity index (χ0v) is 8.57. The monoisotopic (exact) mass is 205 g/mol. The van der Waals surface area contributed by atoms with Gasteiger partial charge >= 0.3 is 5.97 Å². The molecule has 3 nitrogen and oxygen atoms in total. The quantitative estimate of drug-likeness (QED) is 0.779. The van der Waals surface area contributed by atoms with Gasteiger partial charge in [-0.25, -0.2) is 0 Å². The lowest BCUT2D eigenvalue weighted by Crippen LogP contribution is -2.24. The zero-order chi connectivity index (χ0) is 10.9. The molecular weight excluding hydrogens is 190 g/mol. The molecule has 1 aliphatic carbocycles. The second kappa shape index (κ2) is 3.66. The molecule has 0 spiro atoms. The lowest BCUT2D eigenvalue weighted by Gasteiger charge is -2.08. The Morgan fingerprint density at radius 1 is 1.27 bits per heavy atom. The largest absolute Gasteiger partial charge is 0.481 e. The zero-order valence-electron chi connectivity index (χ0n) is 8.57. The minimum Gasteiger partial charge on any atom is -0.481 e. The average molecular weight is 205 g/mol. The molecule has 2 rings (SSSR count). The summed E-state index contributed by atoms with van der Waals surface area (Å²) >= 11 is 0. The number of aliphatic carboxylic acids is 1. The number of rotatable bonds is 4. The van der Waals surface area contributed by atoms with Crippen LogP contribution in [0.4, 0.5) is 0 Å². The summed E-state index contributed by atoms with van der Waals surface area (Å²) in [6.07, 6.45) is 3.20. The molecule has 0 unspecified atom stereocenters. The summed E-state index contributed by atoms with van der Waals surface area (Å²) in [7, 11) is 0. The van der Waals surface area contributed by atoms with E-state index in [0.29, 0.717) is 0 Å². The van der Waals surface area contributed by atoms with E-state index >= 15 is 0 Å². The maximum absolute atomic E-state index is 10.5. The van der Waals surface area contributed by atoms with Gasteiger partial charge in [-0.1, -0.05) is 24.3 Å². The number of carbonyl (C=O) groups is 1. The van der Waals surface area contributed by atoms with E-state index in [2.05, 4.69) is 0 Å². The molecule has 0 atom stereocenters. The van der Waals surface area contributed by atoms with Gasteiger partial charge < -0.3 is 10.8 Å². The molecule has 1 aromatic carbocycles. The maximum Gasteiger partial charge on any atom is 0.307 e. The molecule has 0 aromatic heterocycles. The Kier molecular flexibility index (Phi) is 2.49. The molecule has 1 aliphatic rings. The Morgan fingerprint density at radius 3 is 2.27 bits per heavy atom. The summed E-state index contributed by atoms with van der Waals surface area (Å²) in [5.74, 6) is -0.791. The summed E-state index contributed by atoms with van der Waals surface area (Å²) in [6, 6.07) is 7.70. The van der Waals surface area contributed by atoms with Crippen LogP contribution < -0.4 is 5.73 Å². The first-order valence-electron chi connectivity index (χ1n) is 5.16. The van der Waals surface area contributed by atoms with E-state index in [9.17, 15) is 4.79 Å². The van der Waals surface area contributed by atoms with Gasteiger partial charge in [-0.3, -0.25) is 4.79 Å². The van der Waals surface area contributed by atoms with Crippen LogP contribution in [0.15, 0.2) is 24.3 Å². The standard InChI is InChI=1S/C12H15NO2/c13-12(5-6-12)8-10-3-1-9(2-4-10)7-11(14)15/h1-4H,5-8,13H2,(H,14,15). The van der Waals surface area contributed by atoms with Gasteiger partial charge in [0, 0.05) is 5.54 Å². The number of hydrogen-bond acceptors (Lipinski definition) is 2. The Bertz CT molecular complexity index is 366. The van der Waals surface area contributed by atoms with Gasteiger partial charge in [-0.2, -0.15) is 0 Å². The number of nitrogens with two attached hydrogens (primary N) is 1. The van der Waals surface area contributed by atoms with Gasteiger partial charge in [0.25, 0.3) is 0 Å². The molecule has 80 valence electrons. The van der Waals surface area contributed by atoms with Crippen LogP contribution in [0.1, 0.15) is 24.0 Å². The van der Waals surface area contributed by atoms with E-state index in [-0.39, 0.29) is 12.0 Å². The van der Waals surface area contributed by atoms with Gasteiger partial charge in [0.2, 0.25) is 0 Å². The Hall–Kier alpha value is -1.35. The van der Waals surface area contributed by atoms with Crippen LogP contribution in [0.2, 0.25) is 0 Å². The summed E-state index contributed by atoms with van der Waals surface area (Å²) < 4.78 is 0. The van der Waals surface area contributed by atoms with Crippen LogP contribution in [-0.4, -0.2) is 16.6 Å². The summed E-state index contributed by atoms with van der Waals surface area (Å²) in [4.78, 5) is 10.5. The first kappa shape index (κ1) is 10.2. The molecule has 1 saturated carbocycles. The number of hydrogen-bond donors (Lipinski definition) is 2. The van der Waals surface area contributed by atoms with Crippen molar-refractivity contribution in [1.29, 1.82) is 0 Å². The molecular formula is C12H15NO2. The van der Waals surface area contributed by atoms with E-state index in [4.69, 9.17) is 10.8 Å². The summed E-state index contributed by atoms with van der Waals surface area (Å²) in [5, 5.41) is 8.61. The molecule has 1 fully saturated rings. The Morgan fingerprint density at radius 2 is 1.80 bits per heavy atom. The van der Waals surface area contributed by atoms with Gasteiger partial charge in [0.05, 0.1) is 6.42 Å². The van der Waals surface area contributed by atoms with Crippen molar-refractivity contribution in [3.63, 3.8) is 0 Å². The predicted molar refractivity (Wildman–Crippen MR) is 57.6 cm³/mol.